The minimum Gasteiger partial charge on any atom is -0.497 e. The fraction of sp³-hybridized carbons (Fsp3) is 0.147. The van der Waals surface area contributed by atoms with E-state index in [-0.39, 0.29) is 47.3 Å². The lowest BCUT2D eigenvalue weighted by atomic mass is 10.2. The van der Waals surface area contributed by atoms with Crippen LogP contribution in [0.25, 0.3) is 11.4 Å². The normalized spacial score (nSPS) is 10.6. The molecule has 0 spiro atoms. The van der Waals surface area contributed by atoms with Crippen molar-refractivity contribution in [2.45, 2.75) is 11.9 Å². The van der Waals surface area contributed by atoms with E-state index in [1.165, 1.54) is 38.9 Å². The largest absolute Gasteiger partial charge is 0.497 e. The molecule has 2 aromatic carbocycles. The fourth-order valence-electron chi connectivity index (χ4n) is 4.09. The average molecular weight is 683 g/mol. The van der Waals surface area contributed by atoms with E-state index in [4.69, 9.17) is 23.7 Å². The number of methoxy groups -OCH3 is 2. The van der Waals surface area contributed by atoms with E-state index in [1.54, 1.807) is 73.7 Å². The number of hydrogen-bond donors (Lipinski definition) is 2. The van der Waals surface area contributed by atoms with Crippen LogP contribution in [-0.4, -0.2) is 61.9 Å². The first-order valence-electron chi connectivity index (χ1n) is 14.5. The van der Waals surface area contributed by atoms with Gasteiger partial charge in [0.2, 0.25) is 5.75 Å². The zero-order chi connectivity index (χ0) is 34.6. The minimum absolute atomic E-state index is 0.102. The first-order valence-corrected chi connectivity index (χ1v) is 16.0. The lowest BCUT2D eigenvalue weighted by Gasteiger charge is -2.17. The van der Waals surface area contributed by atoms with Gasteiger partial charge in [0.15, 0.2) is 41.4 Å². The standard InChI is InChI=1S/C34H30N6O8S/c1-23-13-14-29(36-22-23)49(42,43)40-32-30(48-28-12-5-4-11-27(28)45-3)33(39-31(38-32)24-15-17-35-18-16-24)46-19-6-7-20-47-34(41)37-25-9-8-10-26(21-25)44-2/h4-5,8-18,21-22H,19-20H2,1-3H3,(H,37,41)(H,38,39,40). The lowest BCUT2D eigenvalue weighted by Crippen LogP contribution is -2.17. The second kappa shape index (κ2) is 15.9. The smallest absolute Gasteiger partial charge is 0.412 e. The highest BCUT2D eigenvalue weighted by molar-refractivity contribution is 7.92. The molecule has 0 unspecified atom stereocenters. The van der Waals surface area contributed by atoms with E-state index in [0.29, 0.717) is 22.7 Å². The number of ether oxygens (including phenoxy) is 5. The van der Waals surface area contributed by atoms with Crippen molar-refractivity contribution in [2.75, 3.05) is 37.5 Å². The number of para-hydroxylation sites is 2. The van der Waals surface area contributed by atoms with Gasteiger partial charge in [0, 0.05) is 35.9 Å². The van der Waals surface area contributed by atoms with Crippen molar-refractivity contribution in [1.29, 1.82) is 0 Å². The summed E-state index contributed by atoms with van der Waals surface area (Å²) in [5.41, 5.74) is 1.78. The van der Waals surface area contributed by atoms with Gasteiger partial charge in [-0.25, -0.2) is 14.8 Å². The van der Waals surface area contributed by atoms with Crippen LogP contribution in [-0.2, 0) is 14.8 Å². The molecule has 0 atom stereocenters. The first kappa shape index (κ1) is 33.9. The molecule has 1 amide bonds. The third-order valence-electron chi connectivity index (χ3n) is 6.44. The van der Waals surface area contributed by atoms with E-state index in [9.17, 15) is 13.2 Å². The molecular formula is C34H30N6O8S. The molecule has 14 nitrogen and oxygen atoms in total. The van der Waals surface area contributed by atoms with Gasteiger partial charge in [-0.3, -0.25) is 15.0 Å². The molecular weight excluding hydrogens is 652 g/mol. The van der Waals surface area contributed by atoms with Gasteiger partial charge in [-0.2, -0.15) is 13.4 Å². The number of sulfonamides is 1. The molecule has 0 aliphatic rings. The molecule has 0 aliphatic heterocycles. The molecule has 0 radical (unpaired) electrons. The van der Waals surface area contributed by atoms with Crippen molar-refractivity contribution < 1.29 is 36.9 Å². The molecule has 0 saturated heterocycles. The highest BCUT2D eigenvalue weighted by Gasteiger charge is 2.26. The molecule has 5 aromatic rings. The number of rotatable bonds is 12. The molecule has 250 valence electrons. The zero-order valence-electron chi connectivity index (χ0n) is 26.5. The van der Waals surface area contributed by atoms with Crippen molar-refractivity contribution in [3.8, 4) is 52.1 Å². The quantitative estimate of drug-likeness (QED) is 0.159. The summed E-state index contributed by atoms with van der Waals surface area (Å²) >= 11 is 0. The molecule has 2 N–H and O–H groups in total. The van der Waals surface area contributed by atoms with E-state index < -0.39 is 16.1 Å². The van der Waals surface area contributed by atoms with Gasteiger partial charge >= 0.3 is 6.09 Å². The van der Waals surface area contributed by atoms with Crippen LogP contribution >= 0.6 is 0 Å². The molecule has 5 rings (SSSR count). The topological polar surface area (TPSA) is 173 Å². The van der Waals surface area contributed by atoms with Crippen LogP contribution in [0.1, 0.15) is 5.56 Å². The maximum atomic E-state index is 13.5. The number of carbonyl (C=O) groups excluding carboxylic acids is 1. The Balaban J connectivity index is 1.43. The predicted molar refractivity (Wildman–Crippen MR) is 179 cm³/mol. The van der Waals surface area contributed by atoms with Crippen molar-refractivity contribution in [1.82, 2.24) is 19.9 Å². The van der Waals surface area contributed by atoms with Gasteiger partial charge in [0.25, 0.3) is 15.9 Å². The summed E-state index contributed by atoms with van der Waals surface area (Å²) in [6.07, 6.45) is 3.79. The third-order valence-corrected chi connectivity index (χ3v) is 7.70. The summed E-state index contributed by atoms with van der Waals surface area (Å²) in [7, 11) is -1.28. The van der Waals surface area contributed by atoms with Crippen LogP contribution < -0.4 is 29.0 Å². The number of pyridine rings is 2. The van der Waals surface area contributed by atoms with Crippen LogP contribution in [0.2, 0.25) is 0 Å². The molecule has 0 saturated carbocycles. The van der Waals surface area contributed by atoms with E-state index >= 15 is 0 Å². The Hall–Kier alpha value is -6.40. The Labute approximate surface area is 282 Å². The van der Waals surface area contributed by atoms with Crippen molar-refractivity contribution in [2.24, 2.45) is 0 Å². The third kappa shape index (κ3) is 9.11. The van der Waals surface area contributed by atoms with Gasteiger partial charge in [0.05, 0.1) is 14.2 Å². The highest BCUT2D eigenvalue weighted by atomic mass is 32.2. The first-order chi connectivity index (χ1) is 23.8. The predicted octanol–water partition coefficient (Wildman–Crippen LogP) is 5.48. The maximum absolute atomic E-state index is 13.5. The molecule has 3 heterocycles. The Morgan fingerprint density at radius 3 is 2.39 bits per heavy atom. The monoisotopic (exact) mass is 682 g/mol. The van der Waals surface area contributed by atoms with Gasteiger partial charge in [-0.05, 0) is 55.0 Å². The molecule has 49 heavy (non-hydrogen) atoms. The maximum Gasteiger partial charge on any atom is 0.412 e. The van der Waals surface area contributed by atoms with Crippen LogP contribution in [0.5, 0.6) is 28.9 Å². The molecule has 3 aromatic heterocycles. The number of hydrogen-bond acceptors (Lipinski definition) is 12. The summed E-state index contributed by atoms with van der Waals surface area (Å²) < 4.78 is 57.3. The lowest BCUT2D eigenvalue weighted by molar-refractivity contribution is 0.176. The number of aryl methyl sites for hydroxylation is 1. The summed E-state index contributed by atoms with van der Waals surface area (Å²) in [6.45, 7) is 1.29. The molecule has 0 bridgehead atoms. The van der Waals surface area contributed by atoms with E-state index in [2.05, 4.69) is 41.8 Å². The summed E-state index contributed by atoms with van der Waals surface area (Å²) in [5, 5.41) is 2.34. The minimum atomic E-state index is -4.26. The van der Waals surface area contributed by atoms with E-state index in [0.717, 1.165) is 5.56 Å². The van der Waals surface area contributed by atoms with Crippen LogP contribution in [0.4, 0.5) is 16.3 Å². The number of nitrogens with zero attached hydrogens (tertiary/aromatic N) is 4. The van der Waals surface area contributed by atoms with Gasteiger partial charge in [-0.15, -0.1) is 0 Å². The molecule has 15 heteroatoms. The second-order valence-electron chi connectivity index (χ2n) is 9.87. The van der Waals surface area contributed by atoms with Crippen molar-refractivity contribution in [3.63, 3.8) is 0 Å². The Kier molecular flexibility index (Phi) is 11.0. The SMILES string of the molecule is COc1cccc(NC(=O)OCC#CCOc2nc(-c3ccncc3)nc(NS(=O)(=O)c3ccc(C)cn3)c2Oc2ccccc2OC)c1. The molecule has 0 aliphatic carbocycles. The Morgan fingerprint density at radius 2 is 1.65 bits per heavy atom. The fourth-order valence-corrected chi connectivity index (χ4v) is 5.02. The summed E-state index contributed by atoms with van der Waals surface area (Å²) in [4.78, 5) is 29.3. The van der Waals surface area contributed by atoms with Gasteiger partial charge in [0.1, 0.15) is 5.75 Å². The number of carbonyl (C=O) groups is 1. The zero-order valence-corrected chi connectivity index (χ0v) is 27.4. The second-order valence-corrected chi connectivity index (χ2v) is 11.5. The number of aromatic nitrogens is 4. The van der Waals surface area contributed by atoms with Crippen LogP contribution in [0, 0.1) is 18.8 Å². The highest BCUT2D eigenvalue weighted by Crippen LogP contribution is 2.41. The number of anilines is 2. The summed E-state index contributed by atoms with van der Waals surface area (Å²) in [5.74, 6) is 6.13. The Morgan fingerprint density at radius 1 is 0.878 bits per heavy atom. The van der Waals surface area contributed by atoms with Gasteiger partial charge in [-0.1, -0.05) is 36.1 Å². The number of amides is 1. The van der Waals surface area contributed by atoms with E-state index in [1.807, 2.05) is 0 Å². The number of benzene rings is 2. The van der Waals surface area contributed by atoms with Crippen molar-refractivity contribution >= 4 is 27.6 Å². The summed E-state index contributed by atoms with van der Waals surface area (Å²) in [6, 6.07) is 19.8. The van der Waals surface area contributed by atoms with Crippen molar-refractivity contribution in [3.05, 3.63) is 97.0 Å². The van der Waals surface area contributed by atoms with Crippen LogP contribution in [0.15, 0.2) is 96.4 Å². The molecule has 0 fully saturated rings. The Bertz CT molecular complexity index is 2090. The number of nitrogens with one attached hydrogen (secondary N) is 2. The average Bonchev–Trinajstić information content (AvgIpc) is 3.11. The van der Waals surface area contributed by atoms with Crippen LogP contribution in [0.3, 0.4) is 0 Å². The van der Waals surface area contributed by atoms with Gasteiger partial charge < -0.3 is 23.7 Å².